The van der Waals surface area contributed by atoms with Crippen LogP contribution in [0.1, 0.15) is 19.3 Å². The van der Waals surface area contributed by atoms with Gasteiger partial charge in [-0.1, -0.05) is 30.7 Å². The van der Waals surface area contributed by atoms with Crippen LogP contribution in [0.25, 0.3) is 0 Å². The van der Waals surface area contributed by atoms with E-state index < -0.39 is 0 Å². The van der Waals surface area contributed by atoms with E-state index in [2.05, 4.69) is 0 Å². The van der Waals surface area contributed by atoms with E-state index in [4.69, 9.17) is 14.2 Å². The fourth-order valence-corrected chi connectivity index (χ4v) is 2.31. The van der Waals surface area contributed by atoms with Crippen LogP contribution >= 0.6 is 0 Å². The minimum atomic E-state index is -0.193. The summed E-state index contributed by atoms with van der Waals surface area (Å²) >= 11 is 0. The maximum atomic E-state index is 12.0. The molecular weight excluding hydrogens is 280 g/mol. The summed E-state index contributed by atoms with van der Waals surface area (Å²) in [7, 11) is 1.54. The summed E-state index contributed by atoms with van der Waals surface area (Å²) in [5.74, 6) is 1.87. The van der Waals surface area contributed by atoms with Gasteiger partial charge in [-0.25, -0.2) is 0 Å². The van der Waals surface area contributed by atoms with Gasteiger partial charge in [-0.2, -0.15) is 0 Å². The third-order valence-corrected chi connectivity index (χ3v) is 3.77. The van der Waals surface area contributed by atoms with Crippen molar-refractivity contribution < 1.29 is 19.0 Å². The second kappa shape index (κ2) is 6.52. The molecule has 0 radical (unpaired) electrons. The average molecular weight is 298 g/mol. The van der Waals surface area contributed by atoms with E-state index in [1.165, 1.54) is 7.11 Å². The Kier molecular flexibility index (Phi) is 4.28. The maximum absolute atomic E-state index is 12.0. The minimum Gasteiger partial charge on any atom is -0.490 e. The SMILES string of the molecule is COc1c(OC(=O)C2CCC2)cccc1Oc1ccccc1. The molecule has 0 unspecified atom stereocenters. The van der Waals surface area contributed by atoms with Gasteiger partial charge >= 0.3 is 5.97 Å². The van der Waals surface area contributed by atoms with Crippen LogP contribution in [0, 0.1) is 5.92 Å². The quantitative estimate of drug-likeness (QED) is 0.613. The number of benzene rings is 2. The van der Waals surface area contributed by atoms with Gasteiger partial charge in [0.2, 0.25) is 5.75 Å². The van der Waals surface area contributed by atoms with Gasteiger partial charge in [0.1, 0.15) is 5.75 Å². The molecule has 0 heterocycles. The van der Waals surface area contributed by atoms with E-state index in [0.717, 1.165) is 19.3 Å². The highest BCUT2D eigenvalue weighted by molar-refractivity contribution is 5.77. The molecule has 0 N–H and O–H groups in total. The number of ether oxygens (including phenoxy) is 3. The van der Waals surface area contributed by atoms with E-state index in [1.807, 2.05) is 30.3 Å². The van der Waals surface area contributed by atoms with Crippen LogP contribution in [-0.2, 0) is 4.79 Å². The van der Waals surface area contributed by atoms with Crippen LogP contribution in [0.4, 0.5) is 0 Å². The van der Waals surface area contributed by atoms with Crippen molar-refractivity contribution in [2.24, 2.45) is 5.92 Å². The van der Waals surface area contributed by atoms with Gasteiger partial charge in [0, 0.05) is 0 Å². The fraction of sp³-hybridized carbons (Fsp3) is 0.278. The molecule has 114 valence electrons. The van der Waals surface area contributed by atoms with Gasteiger partial charge in [0.15, 0.2) is 11.5 Å². The van der Waals surface area contributed by atoms with Crippen molar-refractivity contribution in [1.82, 2.24) is 0 Å². The standard InChI is InChI=1S/C18H18O4/c1-20-17-15(21-14-9-3-2-4-10-14)11-6-12-16(17)22-18(19)13-7-5-8-13/h2-4,6,9-13H,5,7-8H2,1H3. The van der Waals surface area contributed by atoms with Gasteiger partial charge < -0.3 is 14.2 Å². The number of carbonyl (C=O) groups is 1. The molecule has 3 rings (SSSR count). The lowest BCUT2D eigenvalue weighted by atomic mass is 9.86. The van der Waals surface area contributed by atoms with Crippen molar-refractivity contribution in [1.29, 1.82) is 0 Å². The van der Waals surface area contributed by atoms with Gasteiger partial charge in [0.05, 0.1) is 13.0 Å². The Labute approximate surface area is 129 Å². The minimum absolute atomic E-state index is 0.0170. The molecule has 0 bridgehead atoms. The normalized spacial score (nSPS) is 14.0. The topological polar surface area (TPSA) is 44.8 Å². The molecule has 1 aliphatic carbocycles. The molecule has 1 fully saturated rings. The second-order valence-electron chi connectivity index (χ2n) is 5.25. The predicted molar refractivity (Wildman–Crippen MR) is 82.5 cm³/mol. The van der Waals surface area contributed by atoms with E-state index in [1.54, 1.807) is 18.2 Å². The highest BCUT2D eigenvalue weighted by Crippen LogP contribution is 2.40. The van der Waals surface area contributed by atoms with Crippen molar-refractivity contribution in [3.63, 3.8) is 0 Å². The summed E-state index contributed by atoms with van der Waals surface area (Å²) in [6.45, 7) is 0. The highest BCUT2D eigenvalue weighted by atomic mass is 16.6. The molecule has 0 aliphatic heterocycles. The first-order valence-corrected chi connectivity index (χ1v) is 7.39. The van der Waals surface area contributed by atoms with Crippen LogP contribution in [0.2, 0.25) is 0 Å². The molecule has 1 aliphatic rings. The van der Waals surface area contributed by atoms with Crippen molar-refractivity contribution >= 4 is 5.97 Å². The Hall–Kier alpha value is -2.49. The molecule has 2 aromatic carbocycles. The van der Waals surface area contributed by atoms with E-state index in [9.17, 15) is 4.79 Å². The Bertz CT molecular complexity index is 647. The van der Waals surface area contributed by atoms with Crippen LogP contribution in [0.3, 0.4) is 0 Å². The molecular formula is C18H18O4. The Morgan fingerprint density at radius 3 is 2.36 bits per heavy atom. The van der Waals surface area contributed by atoms with Crippen LogP contribution < -0.4 is 14.2 Å². The van der Waals surface area contributed by atoms with Gasteiger partial charge in [-0.15, -0.1) is 0 Å². The molecule has 4 heteroatoms. The van der Waals surface area contributed by atoms with E-state index in [0.29, 0.717) is 23.0 Å². The first-order valence-electron chi connectivity index (χ1n) is 7.39. The third kappa shape index (κ3) is 3.06. The zero-order valence-corrected chi connectivity index (χ0v) is 12.5. The summed E-state index contributed by atoms with van der Waals surface area (Å²) in [5.41, 5.74) is 0. The van der Waals surface area contributed by atoms with Gasteiger partial charge in [-0.05, 0) is 37.1 Å². The molecule has 22 heavy (non-hydrogen) atoms. The average Bonchev–Trinajstić information content (AvgIpc) is 2.47. The molecule has 0 amide bonds. The van der Waals surface area contributed by atoms with Gasteiger partial charge in [-0.3, -0.25) is 4.79 Å². The first-order chi connectivity index (χ1) is 10.8. The molecule has 0 spiro atoms. The molecule has 0 saturated heterocycles. The van der Waals surface area contributed by atoms with Crippen LogP contribution in [0.15, 0.2) is 48.5 Å². The first kappa shape index (κ1) is 14.4. The number of esters is 1. The van der Waals surface area contributed by atoms with Crippen molar-refractivity contribution in [2.75, 3.05) is 7.11 Å². The Morgan fingerprint density at radius 2 is 1.73 bits per heavy atom. The van der Waals surface area contributed by atoms with Crippen molar-refractivity contribution in [3.05, 3.63) is 48.5 Å². The van der Waals surface area contributed by atoms with Crippen LogP contribution in [-0.4, -0.2) is 13.1 Å². The summed E-state index contributed by atoms with van der Waals surface area (Å²) < 4.78 is 16.7. The monoisotopic (exact) mass is 298 g/mol. The number of rotatable bonds is 5. The third-order valence-electron chi connectivity index (χ3n) is 3.77. The van der Waals surface area contributed by atoms with E-state index >= 15 is 0 Å². The lowest BCUT2D eigenvalue weighted by Gasteiger charge is -2.23. The maximum Gasteiger partial charge on any atom is 0.314 e. The van der Waals surface area contributed by atoms with Crippen molar-refractivity contribution in [2.45, 2.75) is 19.3 Å². The molecule has 4 nitrogen and oxygen atoms in total. The summed E-state index contributed by atoms with van der Waals surface area (Å²) in [5, 5.41) is 0. The molecule has 0 aromatic heterocycles. The summed E-state index contributed by atoms with van der Waals surface area (Å²) in [6, 6.07) is 14.7. The zero-order chi connectivity index (χ0) is 15.4. The Morgan fingerprint density at radius 1 is 1.00 bits per heavy atom. The highest BCUT2D eigenvalue weighted by Gasteiger charge is 2.28. The number of hydrogen-bond donors (Lipinski definition) is 0. The predicted octanol–water partition coefficient (Wildman–Crippen LogP) is 4.19. The van der Waals surface area contributed by atoms with E-state index in [-0.39, 0.29) is 11.9 Å². The van der Waals surface area contributed by atoms with Crippen LogP contribution in [0.5, 0.6) is 23.0 Å². The summed E-state index contributed by atoms with van der Waals surface area (Å²) in [4.78, 5) is 12.0. The summed E-state index contributed by atoms with van der Waals surface area (Å²) in [6.07, 6.45) is 2.90. The molecule has 1 saturated carbocycles. The molecule has 2 aromatic rings. The fourth-order valence-electron chi connectivity index (χ4n) is 2.31. The number of carbonyl (C=O) groups excluding carboxylic acids is 1. The van der Waals surface area contributed by atoms with Gasteiger partial charge in [0.25, 0.3) is 0 Å². The lowest BCUT2D eigenvalue weighted by Crippen LogP contribution is -2.26. The van der Waals surface area contributed by atoms with Crippen molar-refractivity contribution in [3.8, 4) is 23.0 Å². The second-order valence-corrected chi connectivity index (χ2v) is 5.25. The zero-order valence-electron chi connectivity index (χ0n) is 12.5. The lowest BCUT2D eigenvalue weighted by molar-refractivity contribution is -0.141. The number of hydrogen-bond acceptors (Lipinski definition) is 4. The smallest absolute Gasteiger partial charge is 0.314 e. The molecule has 0 atom stereocenters. The largest absolute Gasteiger partial charge is 0.490 e. The number of para-hydroxylation sites is 2. The Balaban J connectivity index is 1.81. The number of methoxy groups -OCH3 is 1.